The lowest BCUT2D eigenvalue weighted by Crippen LogP contribution is -2.16. The number of nitrogens with two attached hydrogens (primary N) is 1. The van der Waals surface area contributed by atoms with E-state index in [-0.39, 0.29) is 16.5 Å². The maximum absolute atomic E-state index is 11.1. The summed E-state index contributed by atoms with van der Waals surface area (Å²) in [5, 5.41) is 7.34. The van der Waals surface area contributed by atoms with Gasteiger partial charge in [-0.15, -0.1) is 0 Å². The molecule has 1 rings (SSSR count). The molecular formula is C8H10N2O3S. The Morgan fingerprint density at radius 2 is 1.93 bits per heavy atom. The van der Waals surface area contributed by atoms with Crippen LogP contribution in [0.2, 0.25) is 0 Å². The van der Waals surface area contributed by atoms with Gasteiger partial charge in [0.25, 0.3) is 0 Å². The number of anilines is 1. The number of primary sulfonamides is 1. The maximum Gasteiger partial charge on any atom is 0.240 e. The van der Waals surface area contributed by atoms with Crippen LogP contribution in [0.15, 0.2) is 29.2 Å². The Bertz CT molecular complexity index is 453. The molecule has 0 aliphatic carbocycles. The van der Waals surface area contributed by atoms with Crippen molar-refractivity contribution in [1.82, 2.24) is 0 Å². The first-order chi connectivity index (χ1) is 6.41. The van der Waals surface area contributed by atoms with Gasteiger partial charge >= 0.3 is 0 Å². The van der Waals surface area contributed by atoms with Crippen molar-refractivity contribution < 1.29 is 13.2 Å². The molecule has 1 aromatic carbocycles. The zero-order valence-electron chi connectivity index (χ0n) is 7.52. The molecule has 0 fully saturated rings. The zero-order chi connectivity index (χ0) is 10.8. The highest BCUT2D eigenvalue weighted by atomic mass is 32.2. The van der Waals surface area contributed by atoms with E-state index in [9.17, 15) is 13.2 Å². The SMILES string of the molecule is CC(=O)Nc1ccccc1S(N)(=O)=O. The lowest BCUT2D eigenvalue weighted by molar-refractivity contribution is -0.114. The van der Waals surface area contributed by atoms with Gasteiger partial charge in [0.05, 0.1) is 5.69 Å². The standard InChI is InChI=1S/C8H10N2O3S/c1-6(11)10-7-4-2-3-5-8(7)14(9,12)13/h2-5H,1H3,(H,10,11)(H2,9,12,13). The third-order valence-electron chi connectivity index (χ3n) is 1.50. The van der Waals surface area contributed by atoms with Crippen molar-refractivity contribution in [2.45, 2.75) is 11.8 Å². The van der Waals surface area contributed by atoms with E-state index in [2.05, 4.69) is 5.32 Å². The molecule has 0 saturated heterocycles. The van der Waals surface area contributed by atoms with Crippen molar-refractivity contribution in [1.29, 1.82) is 0 Å². The Hall–Kier alpha value is -1.40. The number of sulfonamides is 1. The van der Waals surface area contributed by atoms with Gasteiger partial charge in [-0.2, -0.15) is 0 Å². The molecule has 0 spiro atoms. The first-order valence-corrected chi connectivity index (χ1v) is 5.35. The average molecular weight is 214 g/mol. The van der Waals surface area contributed by atoms with Crippen molar-refractivity contribution in [2.75, 3.05) is 5.32 Å². The summed E-state index contributed by atoms with van der Waals surface area (Å²) in [6.07, 6.45) is 0. The highest BCUT2D eigenvalue weighted by molar-refractivity contribution is 7.89. The predicted molar refractivity (Wildman–Crippen MR) is 52.1 cm³/mol. The van der Waals surface area contributed by atoms with E-state index >= 15 is 0 Å². The summed E-state index contributed by atoms with van der Waals surface area (Å²) >= 11 is 0. The van der Waals surface area contributed by atoms with Crippen LogP contribution in [-0.4, -0.2) is 14.3 Å². The molecule has 0 saturated carbocycles. The van der Waals surface area contributed by atoms with E-state index in [1.165, 1.54) is 25.1 Å². The summed E-state index contributed by atoms with van der Waals surface area (Å²) in [6, 6.07) is 5.95. The minimum absolute atomic E-state index is 0.0878. The van der Waals surface area contributed by atoms with Gasteiger partial charge in [-0.3, -0.25) is 4.79 Å². The topological polar surface area (TPSA) is 89.3 Å². The van der Waals surface area contributed by atoms with Crippen LogP contribution in [-0.2, 0) is 14.8 Å². The Morgan fingerprint density at radius 1 is 1.36 bits per heavy atom. The zero-order valence-corrected chi connectivity index (χ0v) is 8.34. The Kier molecular flexibility index (Phi) is 2.87. The summed E-state index contributed by atoms with van der Waals surface area (Å²) in [6.45, 7) is 1.29. The second-order valence-corrected chi connectivity index (χ2v) is 4.25. The molecule has 0 radical (unpaired) electrons. The Labute approximate surface area is 82.0 Å². The summed E-state index contributed by atoms with van der Waals surface area (Å²) in [5.74, 6) is -0.346. The molecule has 0 heterocycles. The number of hydrogen-bond acceptors (Lipinski definition) is 3. The molecule has 3 N–H and O–H groups in total. The van der Waals surface area contributed by atoms with Crippen molar-refractivity contribution >= 4 is 21.6 Å². The van der Waals surface area contributed by atoms with E-state index in [0.717, 1.165) is 0 Å². The van der Waals surface area contributed by atoms with E-state index in [4.69, 9.17) is 5.14 Å². The lowest BCUT2D eigenvalue weighted by Gasteiger charge is -2.06. The summed E-state index contributed by atoms with van der Waals surface area (Å²) < 4.78 is 22.1. The van der Waals surface area contributed by atoms with E-state index in [1.54, 1.807) is 6.07 Å². The van der Waals surface area contributed by atoms with Gasteiger partial charge in [-0.05, 0) is 12.1 Å². The fourth-order valence-corrected chi connectivity index (χ4v) is 1.70. The molecule has 0 atom stereocenters. The molecule has 0 aromatic heterocycles. The largest absolute Gasteiger partial charge is 0.325 e. The molecule has 0 aliphatic heterocycles. The van der Waals surface area contributed by atoms with Crippen LogP contribution in [0.1, 0.15) is 6.92 Å². The molecule has 1 amide bonds. The molecule has 1 aromatic rings. The second kappa shape index (κ2) is 3.77. The van der Waals surface area contributed by atoms with E-state index < -0.39 is 10.0 Å². The van der Waals surface area contributed by atoms with Crippen molar-refractivity contribution in [3.05, 3.63) is 24.3 Å². The predicted octanol–water partition coefficient (Wildman–Crippen LogP) is 0.292. The number of para-hydroxylation sites is 1. The smallest absolute Gasteiger partial charge is 0.240 e. The average Bonchev–Trinajstić information content (AvgIpc) is 2.01. The van der Waals surface area contributed by atoms with Crippen LogP contribution in [0.5, 0.6) is 0 Å². The fourth-order valence-electron chi connectivity index (χ4n) is 1.01. The first-order valence-electron chi connectivity index (χ1n) is 3.80. The number of amides is 1. The van der Waals surface area contributed by atoms with Gasteiger partial charge in [0.2, 0.25) is 15.9 Å². The molecule has 0 unspecified atom stereocenters. The maximum atomic E-state index is 11.1. The third-order valence-corrected chi connectivity index (χ3v) is 2.47. The van der Waals surface area contributed by atoms with Crippen LogP contribution in [0.25, 0.3) is 0 Å². The van der Waals surface area contributed by atoms with Gasteiger partial charge in [0.1, 0.15) is 4.90 Å². The third kappa shape index (κ3) is 2.54. The number of rotatable bonds is 2. The minimum atomic E-state index is -3.79. The van der Waals surface area contributed by atoms with Crippen molar-refractivity contribution in [3.63, 3.8) is 0 Å². The lowest BCUT2D eigenvalue weighted by atomic mass is 10.3. The van der Waals surface area contributed by atoms with Gasteiger partial charge in [-0.25, -0.2) is 13.6 Å². The summed E-state index contributed by atoms with van der Waals surface area (Å²) in [5.41, 5.74) is 0.197. The van der Waals surface area contributed by atoms with Crippen LogP contribution in [0.3, 0.4) is 0 Å². The molecule has 5 nitrogen and oxygen atoms in total. The number of benzene rings is 1. The highest BCUT2D eigenvalue weighted by Crippen LogP contribution is 2.18. The van der Waals surface area contributed by atoms with Crippen LogP contribution in [0, 0.1) is 0 Å². The molecule has 0 aliphatic rings. The second-order valence-electron chi connectivity index (χ2n) is 2.72. The molecule has 6 heteroatoms. The number of carbonyl (C=O) groups is 1. The fraction of sp³-hybridized carbons (Fsp3) is 0.125. The van der Waals surface area contributed by atoms with Gasteiger partial charge < -0.3 is 5.32 Å². The van der Waals surface area contributed by atoms with Gasteiger partial charge in [0, 0.05) is 6.92 Å². The normalized spacial score (nSPS) is 11.0. The minimum Gasteiger partial charge on any atom is -0.325 e. The summed E-state index contributed by atoms with van der Waals surface area (Å²) in [4.78, 5) is 10.7. The Balaban J connectivity index is 3.23. The van der Waals surface area contributed by atoms with Gasteiger partial charge in [-0.1, -0.05) is 12.1 Å². The number of nitrogens with one attached hydrogen (secondary N) is 1. The Morgan fingerprint density at radius 3 is 2.43 bits per heavy atom. The first kappa shape index (κ1) is 10.7. The number of hydrogen-bond donors (Lipinski definition) is 2. The quantitative estimate of drug-likeness (QED) is 0.741. The van der Waals surface area contributed by atoms with Crippen LogP contribution >= 0.6 is 0 Å². The number of carbonyl (C=O) groups excluding carboxylic acids is 1. The van der Waals surface area contributed by atoms with Crippen molar-refractivity contribution in [2.24, 2.45) is 5.14 Å². The molecule has 76 valence electrons. The van der Waals surface area contributed by atoms with Crippen LogP contribution in [0.4, 0.5) is 5.69 Å². The molecule has 14 heavy (non-hydrogen) atoms. The monoisotopic (exact) mass is 214 g/mol. The highest BCUT2D eigenvalue weighted by Gasteiger charge is 2.13. The molecule has 0 bridgehead atoms. The van der Waals surface area contributed by atoms with Crippen LogP contribution < -0.4 is 10.5 Å². The van der Waals surface area contributed by atoms with E-state index in [0.29, 0.717) is 0 Å². The summed E-state index contributed by atoms with van der Waals surface area (Å²) in [7, 11) is -3.79. The van der Waals surface area contributed by atoms with Crippen molar-refractivity contribution in [3.8, 4) is 0 Å². The van der Waals surface area contributed by atoms with Gasteiger partial charge in [0.15, 0.2) is 0 Å². The molecular weight excluding hydrogens is 204 g/mol. The van der Waals surface area contributed by atoms with E-state index in [1.807, 2.05) is 0 Å².